The predicted molar refractivity (Wildman–Crippen MR) is 75.3 cm³/mol. The molecule has 0 saturated heterocycles. The Morgan fingerprint density at radius 3 is 2.47 bits per heavy atom. The van der Waals surface area contributed by atoms with Gasteiger partial charge in [0.15, 0.2) is 0 Å². The minimum atomic E-state index is 0.628. The monoisotopic (exact) mass is 229 g/mol. The van der Waals surface area contributed by atoms with E-state index in [2.05, 4.69) is 63.1 Å². The number of rotatable bonds is 4. The lowest BCUT2D eigenvalue weighted by atomic mass is 9.85. The average molecular weight is 229 g/mol. The van der Waals surface area contributed by atoms with Gasteiger partial charge in [-0.05, 0) is 35.8 Å². The van der Waals surface area contributed by atoms with Gasteiger partial charge in [-0.15, -0.1) is 0 Å². The van der Waals surface area contributed by atoms with Gasteiger partial charge in [0.1, 0.15) is 0 Å². The Morgan fingerprint density at radius 2 is 1.76 bits per heavy atom. The number of H-pyrrole nitrogens is 1. The molecule has 92 valence electrons. The third kappa shape index (κ3) is 2.54. The normalized spacial score (nSPS) is 15.4. The summed E-state index contributed by atoms with van der Waals surface area (Å²) in [4.78, 5) is 3.37. The second-order valence-corrected chi connectivity index (χ2v) is 5.65. The van der Waals surface area contributed by atoms with Gasteiger partial charge in [-0.3, -0.25) is 0 Å². The lowest BCUT2D eigenvalue weighted by Gasteiger charge is -2.20. The van der Waals surface area contributed by atoms with Crippen molar-refractivity contribution in [3.63, 3.8) is 0 Å². The van der Waals surface area contributed by atoms with Crippen LogP contribution in [0.15, 0.2) is 30.5 Å². The van der Waals surface area contributed by atoms with Crippen LogP contribution in [0.25, 0.3) is 10.9 Å². The SMILES string of the molecule is CC(CC(C)C(C)C)c1c[nH]c2ccccc12. The van der Waals surface area contributed by atoms with E-state index in [9.17, 15) is 0 Å². The fourth-order valence-corrected chi connectivity index (χ4v) is 2.46. The molecule has 0 aliphatic rings. The Balaban J connectivity index is 2.22. The van der Waals surface area contributed by atoms with Crippen molar-refractivity contribution in [1.82, 2.24) is 4.98 Å². The van der Waals surface area contributed by atoms with Crippen LogP contribution >= 0.6 is 0 Å². The highest BCUT2D eigenvalue weighted by Gasteiger charge is 2.16. The maximum atomic E-state index is 3.37. The maximum absolute atomic E-state index is 3.37. The molecule has 2 aromatic rings. The quantitative estimate of drug-likeness (QED) is 0.763. The summed E-state index contributed by atoms with van der Waals surface area (Å²) in [5.74, 6) is 2.17. The summed E-state index contributed by atoms with van der Waals surface area (Å²) in [6, 6.07) is 8.58. The molecule has 0 aliphatic carbocycles. The second-order valence-electron chi connectivity index (χ2n) is 5.65. The highest BCUT2D eigenvalue weighted by Crippen LogP contribution is 2.31. The molecule has 1 heterocycles. The first-order valence-electron chi connectivity index (χ1n) is 6.65. The van der Waals surface area contributed by atoms with E-state index in [0.717, 1.165) is 11.8 Å². The van der Waals surface area contributed by atoms with Gasteiger partial charge in [0, 0.05) is 17.1 Å². The van der Waals surface area contributed by atoms with Crippen LogP contribution in [0.1, 0.15) is 45.6 Å². The van der Waals surface area contributed by atoms with Gasteiger partial charge in [-0.1, -0.05) is 45.9 Å². The van der Waals surface area contributed by atoms with Crippen LogP contribution in [0, 0.1) is 11.8 Å². The fraction of sp³-hybridized carbons (Fsp3) is 0.500. The second kappa shape index (κ2) is 4.95. The number of fused-ring (bicyclic) bond motifs is 1. The molecule has 0 aliphatic heterocycles. The number of hydrogen-bond donors (Lipinski definition) is 1. The van der Waals surface area contributed by atoms with E-state index in [-0.39, 0.29) is 0 Å². The number of aromatic amines is 1. The van der Waals surface area contributed by atoms with E-state index in [1.54, 1.807) is 0 Å². The molecular formula is C16H23N. The van der Waals surface area contributed by atoms with Crippen LogP contribution in [0.4, 0.5) is 0 Å². The molecule has 0 fully saturated rings. The van der Waals surface area contributed by atoms with E-state index in [0.29, 0.717) is 5.92 Å². The maximum Gasteiger partial charge on any atom is 0.0456 e. The van der Waals surface area contributed by atoms with Gasteiger partial charge in [0.2, 0.25) is 0 Å². The van der Waals surface area contributed by atoms with Gasteiger partial charge >= 0.3 is 0 Å². The molecule has 0 amide bonds. The average Bonchev–Trinajstić information content (AvgIpc) is 2.72. The molecule has 1 heteroatoms. The van der Waals surface area contributed by atoms with E-state index in [1.165, 1.54) is 22.9 Å². The minimum Gasteiger partial charge on any atom is -0.361 e. The summed E-state index contributed by atoms with van der Waals surface area (Å²) < 4.78 is 0. The van der Waals surface area contributed by atoms with E-state index < -0.39 is 0 Å². The zero-order valence-electron chi connectivity index (χ0n) is 11.3. The lowest BCUT2D eigenvalue weighted by molar-refractivity contribution is 0.369. The third-order valence-corrected chi connectivity index (χ3v) is 4.02. The Hall–Kier alpha value is -1.24. The summed E-state index contributed by atoms with van der Waals surface area (Å²) in [6.07, 6.45) is 3.45. The first kappa shape index (κ1) is 12.2. The van der Waals surface area contributed by atoms with Crippen molar-refractivity contribution in [2.24, 2.45) is 11.8 Å². The fourth-order valence-electron chi connectivity index (χ4n) is 2.46. The number of para-hydroxylation sites is 1. The summed E-state index contributed by atoms with van der Waals surface area (Å²) in [6.45, 7) is 9.32. The Morgan fingerprint density at radius 1 is 1.06 bits per heavy atom. The molecule has 1 aromatic carbocycles. The number of aromatic nitrogens is 1. The van der Waals surface area contributed by atoms with Gasteiger partial charge in [0.05, 0.1) is 0 Å². The largest absolute Gasteiger partial charge is 0.361 e. The van der Waals surface area contributed by atoms with Gasteiger partial charge in [-0.25, -0.2) is 0 Å². The van der Waals surface area contributed by atoms with Crippen molar-refractivity contribution < 1.29 is 0 Å². The number of hydrogen-bond acceptors (Lipinski definition) is 0. The zero-order chi connectivity index (χ0) is 12.4. The van der Waals surface area contributed by atoms with Crippen molar-refractivity contribution in [2.45, 2.75) is 40.0 Å². The molecular weight excluding hydrogens is 206 g/mol. The molecule has 0 bridgehead atoms. The number of benzene rings is 1. The smallest absolute Gasteiger partial charge is 0.0456 e. The molecule has 2 unspecified atom stereocenters. The summed E-state index contributed by atoms with van der Waals surface area (Å²) >= 11 is 0. The molecule has 0 radical (unpaired) electrons. The number of nitrogens with one attached hydrogen (secondary N) is 1. The van der Waals surface area contributed by atoms with Crippen molar-refractivity contribution in [3.05, 3.63) is 36.0 Å². The lowest BCUT2D eigenvalue weighted by Crippen LogP contribution is -2.07. The molecule has 17 heavy (non-hydrogen) atoms. The van der Waals surface area contributed by atoms with Crippen LogP contribution in [-0.2, 0) is 0 Å². The van der Waals surface area contributed by atoms with Crippen LogP contribution < -0.4 is 0 Å². The first-order valence-corrected chi connectivity index (χ1v) is 6.65. The van der Waals surface area contributed by atoms with Crippen LogP contribution in [0.5, 0.6) is 0 Å². The molecule has 2 atom stereocenters. The summed E-state index contributed by atoms with van der Waals surface area (Å²) in [5.41, 5.74) is 2.72. The van der Waals surface area contributed by atoms with Gasteiger partial charge in [0.25, 0.3) is 0 Å². The van der Waals surface area contributed by atoms with Gasteiger partial charge < -0.3 is 4.98 Å². The van der Waals surface area contributed by atoms with Crippen LogP contribution in [0.2, 0.25) is 0 Å². The molecule has 0 spiro atoms. The summed E-state index contributed by atoms with van der Waals surface area (Å²) in [7, 11) is 0. The van der Waals surface area contributed by atoms with Crippen LogP contribution in [-0.4, -0.2) is 4.98 Å². The van der Waals surface area contributed by atoms with E-state index in [1.807, 2.05) is 0 Å². The van der Waals surface area contributed by atoms with E-state index >= 15 is 0 Å². The van der Waals surface area contributed by atoms with Gasteiger partial charge in [-0.2, -0.15) is 0 Å². The van der Waals surface area contributed by atoms with Crippen molar-refractivity contribution in [2.75, 3.05) is 0 Å². The Bertz CT molecular complexity index is 481. The molecule has 1 nitrogen and oxygen atoms in total. The predicted octanol–water partition coefficient (Wildman–Crippen LogP) is 4.95. The molecule has 1 N–H and O–H groups in total. The van der Waals surface area contributed by atoms with Crippen LogP contribution in [0.3, 0.4) is 0 Å². The van der Waals surface area contributed by atoms with E-state index in [4.69, 9.17) is 0 Å². The summed E-state index contributed by atoms with van der Waals surface area (Å²) in [5, 5.41) is 1.39. The molecule has 0 saturated carbocycles. The topological polar surface area (TPSA) is 15.8 Å². The highest BCUT2D eigenvalue weighted by atomic mass is 14.7. The zero-order valence-corrected chi connectivity index (χ0v) is 11.3. The molecule has 2 rings (SSSR count). The first-order chi connectivity index (χ1) is 8.09. The standard InChI is InChI=1S/C16H23N/c1-11(2)12(3)9-13(4)15-10-17-16-8-6-5-7-14(15)16/h5-8,10-13,17H,9H2,1-4H3. The van der Waals surface area contributed by atoms with Crippen molar-refractivity contribution >= 4 is 10.9 Å². The van der Waals surface area contributed by atoms with Crippen molar-refractivity contribution in [3.8, 4) is 0 Å². The third-order valence-electron chi connectivity index (χ3n) is 4.02. The molecule has 1 aromatic heterocycles. The highest BCUT2D eigenvalue weighted by molar-refractivity contribution is 5.83. The minimum absolute atomic E-state index is 0.628. The Labute approximate surface area is 104 Å². The Kier molecular flexibility index (Phi) is 3.56. The van der Waals surface area contributed by atoms with Crippen molar-refractivity contribution in [1.29, 1.82) is 0 Å².